The van der Waals surface area contributed by atoms with Gasteiger partial charge in [-0.2, -0.15) is 0 Å². The van der Waals surface area contributed by atoms with Crippen molar-refractivity contribution in [1.29, 1.82) is 0 Å². The molecule has 4 aromatic carbocycles. The molecular formula is C31H32N2O. The quantitative estimate of drug-likeness (QED) is 0.268. The number of nitrogens with zero attached hydrogens (tertiary/aromatic N) is 2. The molecule has 4 aromatic rings. The van der Waals surface area contributed by atoms with E-state index < -0.39 is 0 Å². The van der Waals surface area contributed by atoms with Crippen molar-refractivity contribution >= 4 is 5.78 Å². The second kappa shape index (κ2) is 11.6. The maximum absolute atomic E-state index is 14.1. The molecule has 0 aliphatic rings. The summed E-state index contributed by atoms with van der Waals surface area (Å²) in [6.07, 6.45) is 0. The van der Waals surface area contributed by atoms with E-state index in [2.05, 4.69) is 84.6 Å². The average molecular weight is 449 g/mol. The average Bonchev–Trinajstić information content (AvgIpc) is 2.89. The molecule has 2 unspecified atom stereocenters. The molecule has 0 heterocycles. The standard InChI is InChI=1S/C31H32N2O/c1-32(23-25-15-7-3-8-16-25)29(27-19-11-5-12-20-27)30(31(34)28-21-13-6-14-22-28)33(2)24-26-17-9-4-10-18-26/h3-22,29-30H,23-24H2,1-2H3. The number of carbonyl (C=O) groups excluding carboxylic acids is 1. The van der Waals surface area contributed by atoms with Crippen LogP contribution in [0.3, 0.4) is 0 Å². The summed E-state index contributed by atoms with van der Waals surface area (Å²) in [7, 11) is 4.18. The molecular weight excluding hydrogens is 416 g/mol. The zero-order valence-electron chi connectivity index (χ0n) is 19.9. The van der Waals surface area contributed by atoms with E-state index in [-0.39, 0.29) is 17.9 Å². The summed E-state index contributed by atoms with van der Waals surface area (Å²) in [5.41, 5.74) is 4.28. The van der Waals surface area contributed by atoms with Crippen LogP contribution >= 0.6 is 0 Å². The molecule has 0 radical (unpaired) electrons. The van der Waals surface area contributed by atoms with Crippen molar-refractivity contribution in [3.8, 4) is 0 Å². The Balaban J connectivity index is 1.75. The summed E-state index contributed by atoms with van der Waals surface area (Å²) in [6.45, 7) is 1.44. The monoisotopic (exact) mass is 448 g/mol. The Bertz CT molecular complexity index is 1150. The third-order valence-electron chi connectivity index (χ3n) is 6.27. The molecule has 0 amide bonds. The van der Waals surface area contributed by atoms with Crippen LogP contribution < -0.4 is 0 Å². The second-order valence-electron chi connectivity index (χ2n) is 8.83. The van der Waals surface area contributed by atoms with Gasteiger partial charge in [-0.1, -0.05) is 121 Å². The number of Topliss-reactive ketones (excluding diaryl/α,β-unsaturated/α-hetero) is 1. The lowest BCUT2D eigenvalue weighted by molar-refractivity contribution is 0.0636. The van der Waals surface area contributed by atoms with Gasteiger partial charge in [0.05, 0.1) is 12.1 Å². The number of hydrogen-bond donors (Lipinski definition) is 0. The van der Waals surface area contributed by atoms with E-state index in [1.807, 2.05) is 60.7 Å². The maximum atomic E-state index is 14.1. The summed E-state index contributed by atoms with van der Waals surface area (Å²) < 4.78 is 0. The molecule has 0 fully saturated rings. The van der Waals surface area contributed by atoms with Crippen LogP contribution in [0, 0.1) is 0 Å². The molecule has 0 aliphatic heterocycles. The molecule has 0 bridgehead atoms. The summed E-state index contributed by atoms with van der Waals surface area (Å²) >= 11 is 0. The van der Waals surface area contributed by atoms with Crippen LogP contribution in [0.5, 0.6) is 0 Å². The SMILES string of the molecule is CN(Cc1ccccc1)C(C(=O)c1ccccc1)C(c1ccccc1)N(C)Cc1ccccc1. The third kappa shape index (κ3) is 5.88. The summed E-state index contributed by atoms with van der Waals surface area (Å²) in [4.78, 5) is 18.6. The molecule has 0 aromatic heterocycles. The first-order valence-corrected chi connectivity index (χ1v) is 11.8. The molecule has 0 saturated carbocycles. The predicted octanol–water partition coefficient (Wildman–Crippen LogP) is 6.24. The minimum atomic E-state index is -0.362. The highest BCUT2D eigenvalue weighted by molar-refractivity contribution is 6.00. The lowest BCUT2D eigenvalue weighted by atomic mass is 9.90. The van der Waals surface area contributed by atoms with Crippen LogP contribution in [0.2, 0.25) is 0 Å². The third-order valence-corrected chi connectivity index (χ3v) is 6.27. The minimum absolute atomic E-state index is 0.122. The van der Waals surface area contributed by atoms with Gasteiger partial charge in [-0.15, -0.1) is 0 Å². The Labute approximate surface area is 203 Å². The van der Waals surface area contributed by atoms with Crippen LogP contribution in [0.1, 0.15) is 33.1 Å². The summed E-state index contributed by atoms with van der Waals surface area (Å²) in [6, 6.07) is 40.4. The van der Waals surface area contributed by atoms with Gasteiger partial charge in [0.15, 0.2) is 5.78 Å². The topological polar surface area (TPSA) is 23.6 Å². The number of carbonyl (C=O) groups is 1. The Morgan fingerprint density at radius 1 is 0.588 bits per heavy atom. The van der Waals surface area contributed by atoms with Crippen molar-refractivity contribution in [1.82, 2.24) is 9.80 Å². The summed E-state index contributed by atoms with van der Waals surface area (Å²) in [5.74, 6) is 0.132. The maximum Gasteiger partial charge on any atom is 0.181 e. The highest BCUT2D eigenvalue weighted by Crippen LogP contribution is 2.31. The van der Waals surface area contributed by atoms with Gasteiger partial charge in [0.1, 0.15) is 0 Å². The highest BCUT2D eigenvalue weighted by Gasteiger charge is 2.36. The number of likely N-dealkylation sites (N-methyl/N-ethyl adjacent to an activating group) is 2. The molecule has 0 aliphatic carbocycles. The highest BCUT2D eigenvalue weighted by atomic mass is 16.1. The largest absolute Gasteiger partial charge is 0.293 e. The molecule has 0 saturated heterocycles. The lowest BCUT2D eigenvalue weighted by Crippen LogP contribution is -2.48. The Morgan fingerprint density at radius 3 is 1.50 bits per heavy atom. The molecule has 3 heteroatoms. The van der Waals surface area contributed by atoms with Crippen LogP contribution in [-0.4, -0.2) is 35.7 Å². The van der Waals surface area contributed by atoms with E-state index in [1.165, 1.54) is 11.1 Å². The van der Waals surface area contributed by atoms with E-state index in [1.54, 1.807) is 0 Å². The van der Waals surface area contributed by atoms with Crippen LogP contribution in [0.4, 0.5) is 0 Å². The predicted molar refractivity (Wildman–Crippen MR) is 140 cm³/mol. The van der Waals surface area contributed by atoms with Gasteiger partial charge in [-0.05, 0) is 30.8 Å². The fourth-order valence-corrected chi connectivity index (χ4v) is 4.63. The molecule has 3 nitrogen and oxygen atoms in total. The van der Waals surface area contributed by atoms with E-state index in [4.69, 9.17) is 0 Å². The minimum Gasteiger partial charge on any atom is -0.293 e. The van der Waals surface area contributed by atoms with E-state index in [9.17, 15) is 4.79 Å². The molecule has 172 valence electrons. The van der Waals surface area contributed by atoms with Gasteiger partial charge < -0.3 is 0 Å². The van der Waals surface area contributed by atoms with E-state index in [0.717, 1.165) is 17.7 Å². The fraction of sp³-hybridized carbons (Fsp3) is 0.194. The Hall–Kier alpha value is -3.53. The van der Waals surface area contributed by atoms with E-state index >= 15 is 0 Å². The molecule has 34 heavy (non-hydrogen) atoms. The van der Waals surface area contributed by atoms with Gasteiger partial charge in [-0.3, -0.25) is 14.6 Å². The van der Waals surface area contributed by atoms with Gasteiger partial charge >= 0.3 is 0 Å². The molecule has 2 atom stereocenters. The fourth-order valence-electron chi connectivity index (χ4n) is 4.63. The zero-order valence-corrected chi connectivity index (χ0v) is 19.9. The van der Waals surface area contributed by atoms with Crippen LogP contribution in [0.15, 0.2) is 121 Å². The molecule has 0 N–H and O–H groups in total. The van der Waals surface area contributed by atoms with Crippen molar-refractivity contribution in [2.75, 3.05) is 14.1 Å². The van der Waals surface area contributed by atoms with Gasteiger partial charge in [0.25, 0.3) is 0 Å². The first kappa shape index (κ1) is 23.6. The lowest BCUT2D eigenvalue weighted by Gasteiger charge is -2.39. The van der Waals surface area contributed by atoms with Crippen molar-refractivity contribution < 1.29 is 4.79 Å². The first-order chi connectivity index (χ1) is 16.6. The first-order valence-electron chi connectivity index (χ1n) is 11.8. The van der Waals surface area contributed by atoms with Gasteiger partial charge in [-0.25, -0.2) is 0 Å². The Morgan fingerprint density at radius 2 is 1.00 bits per heavy atom. The van der Waals surface area contributed by atoms with Crippen molar-refractivity contribution in [2.45, 2.75) is 25.2 Å². The van der Waals surface area contributed by atoms with Gasteiger partial charge in [0, 0.05) is 18.7 Å². The summed E-state index contributed by atoms with van der Waals surface area (Å²) in [5, 5.41) is 0. The van der Waals surface area contributed by atoms with Crippen molar-refractivity contribution in [2.24, 2.45) is 0 Å². The second-order valence-corrected chi connectivity index (χ2v) is 8.83. The van der Waals surface area contributed by atoms with Crippen LogP contribution in [0.25, 0.3) is 0 Å². The Kier molecular flexibility index (Phi) is 8.03. The van der Waals surface area contributed by atoms with E-state index in [0.29, 0.717) is 6.54 Å². The zero-order chi connectivity index (χ0) is 23.8. The van der Waals surface area contributed by atoms with Gasteiger partial charge in [0.2, 0.25) is 0 Å². The van der Waals surface area contributed by atoms with Crippen molar-refractivity contribution in [3.05, 3.63) is 144 Å². The smallest absolute Gasteiger partial charge is 0.181 e. The molecule has 4 rings (SSSR count). The van der Waals surface area contributed by atoms with Crippen LogP contribution in [-0.2, 0) is 13.1 Å². The normalized spacial score (nSPS) is 13.1. The number of ketones is 1. The number of rotatable bonds is 10. The molecule has 0 spiro atoms. The number of benzene rings is 4. The number of hydrogen-bond acceptors (Lipinski definition) is 3. The van der Waals surface area contributed by atoms with Crippen molar-refractivity contribution in [3.63, 3.8) is 0 Å².